The lowest BCUT2D eigenvalue weighted by atomic mass is 9.98. The van der Waals surface area contributed by atoms with Crippen LogP contribution in [-0.4, -0.2) is 4.98 Å². The van der Waals surface area contributed by atoms with Crippen molar-refractivity contribution in [3.63, 3.8) is 0 Å². The van der Waals surface area contributed by atoms with E-state index in [2.05, 4.69) is 187 Å². The molecule has 11 aromatic rings. The Morgan fingerprint density at radius 3 is 1.60 bits per heavy atom. The monoisotopic (exact) mass is 710 g/mol. The minimum atomic E-state index is 1.01. The molecule has 248 valence electrons. The van der Waals surface area contributed by atoms with Gasteiger partial charge in [0.2, 0.25) is 0 Å². The molecule has 4 heteroatoms. The second-order valence-electron chi connectivity index (χ2n) is 13.5. The Morgan fingerprint density at radius 1 is 0.358 bits per heavy atom. The number of anilines is 3. The van der Waals surface area contributed by atoms with Gasteiger partial charge in [-0.2, -0.15) is 0 Å². The number of para-hydroxylation sites is 1. The number of hydrogen-bond acceptors (Lipinski definition) is 4. The average molecular weight is 711 g/mol. The lowest BCUT2D eigenvalue weighted by Crippen LogP contribution is -2.10. The Kier molecular flexibility index (Phi) is 6.94. The van der Waals surface area contributed by atoms with Crippen molar-refractivity contribution in [1.82, 2.24) is 4.98 Å². The second-order valence-corrected chi connectivity index (χ2v) is 15.6. The van der Waals surface area contributed by atoms with Crippen LogP contribution in [0.5, 0.6) is 0 Å². The smallest absolute Gasteiger partial charge is 0.0788 e. The van der Waals surface area contributed by atoms with Crippen LogP contribution >= 0.6 is 22.7 Å². The van der Waals surface area contributed by atoms with Gasteiger partial charge < -0.3 is 4.90 Å². The molecule has 3 aromatic heterocycles. The third kappa shape index (κ3) is 4.87. The van der Waals surface area contributed by atoms with Crippen LogP contribution in [0.1, 0.15) is 0 Å². The van der Waals surface area contributed by atoms with Crippen LogP contribution in [0.4, 0.5) is 17.1 Å². The number of fused-ring (bicyclic) bond motifs is 10. The molecule has 8 aromatic carbocycles. The summed E-state index contributed by atoms with van der Waals surface area (Å²) in [5.74, 6) is 0. The SMILES string of the molecule is c1ccc(-c2ccc(N(c3ccc(-c4nc5ccccc5c5c4ccc4c6ccccc6sc45)cc3)c3cccc4c3sc3ccccc34)cc2)cc1. The molecule has 0 aliphatic carbocycles. The van der Waals surface area contributed by atoms with Crippen LogP contribution in [0, 0.1) is 0 Å². The van der Waals surface area contributed by atoms with Gasteiger partial charge in [0, 0.05) is 68.7 Å². The molecule has 53 heavy (non-hydrogen) atoms. The average Bonchev–Trinajstić information content (AvgIpc) is 3.81. The molecule has 0 radical (unpaired) electrons. The standard InChI is InChI=1S/C49H30N2S2/c1-2-11-31(12-3-1)32-21-25-34(26-22-32)51(43-18-10-16-38-36-13-5-8-19-44(36)52-48(38)43)35-27-23-33(24-28-35)47-41-30-29-39-37-14-6-9-20-45(37)53-49(39)46(41)40-15-4-7-17-42(40)50-47/h1-30H. The van der Waals surface area contributed by atoms with Crippen LogP contribution in [0.15, 0.2) is 182 Å². The normalized spacial score (nSPS) is 11.8. The zero-order valence-corrected chi connectivity index (χ0v) is 30.2. The number of thiophene rings is 2. The molecule has 0 N–H and O–H groups in total. The van der Waals surface area contributed by atoms with Crippen molar-refractivity contribution in [1.29, 1.82) is 0 Å². The zero-order valence-electron chi connectivity index (χ0n) is 28.5. The number of nitrogens with zero attached hydrogens (tertiary/aromatic N) is 2. The summed E-state index contributed by atoms with van der Waals surface area (Å²) in [6.07, 6.45) is 0. The summed E-state index contributed by atoms with van der Waals surface area (Å²) in [6.45, 7) is 0. The lowest BCUT2D eigenvalue weighted by Gasteiger charge is -2.26. The first-order valence-electron chi connectivity index (χ1n) is 17.9. The van der Waals surface area contributed by atoms with E-state index in [1.54, 1.807) is 0 Å². The molecule has 0 saturated heterocycles. The minimum absolute atomic E-state index is 1.01. The van der Waals surface area contributed by atoms with Gasteiger partial charge in [0.15, 0.2) is 0 Å². The van der Waals surface area contributed by atoms with E-state index >= 15 is 0 Å². The third-order valence-electron chi connectivity index (χ3n) is 10.5. The molecule has 0 spiro atoms. The fourth-order valence-electron chi connectivity index (χ4n) is 7.97. The summed E-state index contributed by atoms with van der Waals surface area (Å²) < 4.78 is 5.21. The molecular formula is C49H30N2S2. The largest absolute Gasteiger partial charge is 0.309 e. The maximum absolute atomic E-state index is 5.32. The molecule has 0 amide bonds. The van der Waals surface area contributed by atoms with Crippen molar-refractivity contribution in [3.8, 4) is 22.4 Å². The van der Waals surface area contributed by atoms with Crippen molar-refractivity contribution in [2.45, 2.75) is 0 Å². The van der Waals surface area contributed by atoms with Gasteiger partial charge in [0.25, 0.3) is 0 Å². The van der Waals surface area contributed by atoms with Gasteiger partial charge in [-0.1, -0.05) is 133 Å². The number of hydrogen-bond donors (Lipinski definition) is 0. The van der Waals surface area contributed by atoms with Gasteiger partial charge in [-0.15, -0.1) is 22.7 Å². The number of benzene rings is 8. The molecule has 0 bridgehead atoms. The fourth-order valence-corrected chi connectivity index (χ4v) is 10.4. The summed E-state index contributed by atoms with van der Waals surface area (Å²) in [6, 6.07) is 65.9. The predicted octanol–water partition coefficient (Wildman–Crippen LogP) is 14.9. The number of aromatic nitrogens is 1. The van der Waals surface area contributed by atoms with E-state index in [4.69, 9.17) is 4.98 Å². The van der Waals surface area contributed by atoms with Crippen molar-refractivity contribution in [2.24, 2.45) is 0 Å². The summed E-state index contributed by atoms with van der Waals surface area (Å²) in [7, 11) is 0. The molecule has 0 aliphatic heterocycles. The van der Waals surface area contributed by atoms with Crippen LogP contribution in [0.2, 0.25) is 0 Å². The van der Waals surface area contributed by atoms with Gasteiger partial charge in [0.05, 0.1) is 21.6 Å². The highest BCUT2D eigenvalue weighted by Crippen LogP contribution is 2.46. The quantitative estimate of drug-likeness (QED) is 0.165. The summed E-state index contributed by atoms with van der Waals surface area (Å²) >= 11 is 3.74. The molecule has 11 rings (SSSR count). The molecule has 0 aliphatic rings. The summed E-state index contributed by atoms with van der Waals surface area (Å²) in [5.41, 5.74) is 8.92. The topological polar surface area (TPSA) is 16.1 Å². The third-order valence-corrected chi connectivity index (χ3v) is 12.9. The molecule has 3 heterocycles. The van der Waals surface area contributed by atoms with E-state index in [-0.39, 0.29) is 0 Å². The van der Waals surface area contributed by atoms with Crippen LogP contribution in [-0.2, 0) is 0 Å². The number of rotatable bonds is 5. The fraction of sp³-hybridized carbons (Fsp3) is 0. The Balaban J connectivity index is 1.09. The first-order valence-corrected chi connectivity index (χ1v) is 19.5. The maximum Gasteiger partial charge on any atom is 0.0788 e. The van der Waals surface area contributed by atoms with Crippen molar-refractivity contribution < 1.29 is 0 Å². The second kappa shape index (κ2) is 12.1. The Morgan fingerprint density at radius 2 is 0.887 bits per heavy atom. The highest BCUT2D eigenvalue weighted by molar-refractivity contribution is 7.27. The zero-order chi connectivity index (χ0) is 34.9. The Hall–Kier alpha value is -6.33. The molecule has 0 atom stereocenters. The van der Waals surface area contributed by atoms with Crippen LogP contribution in [0.3, 0.4) is 0 Å². The Labute approximate surface area is 314 Å². The number of pyridine rings is 1. The van der Waals surface area contributed by atoms with Crippen molar-refractivity contribution in [3.05, 3.63) is 182 Å². The van der Waals surface area contributed by atoms with E-state index in [0.29, 0.717) is 0 Å². The first-order chi connectivity index (χ1) is 26.3. The molecule has 0 saturated carbocycles. The predicted molar refractivity (Wildman–Crippen MR) is 231 cm³/mol. The van der Waals surface area contributed by atoms with Gasteiger partial charge in [-0.3, -0.25) is 0 Å². The summed E-state index contributed by atoms with van der Waals surface area (Å²) in [5, 5.41) is 8.85. The van der Waals surface area contributed by atoms with E-state index in [0.717, 1.165) is 28.1 Å². The van der Waals surface area contributed by atoms with Gasteiger partial charge >= 0.3 is 0 Å². The molecular weight excluding hydrogens is 681 g/mol. The van der Waals surface area contributed by atoms with E-state index in [1.807, 2.05) is 22.7 Å². The Bertz CT molecular complexity index is 3160. The van der Waals surface area contributed by atoms with E-state index < -0.39 is 0 Å². The highest BCUT2D eigenvalue weighted by Gasteiger charge is 2.20. The van der Waals surface area contributed by atoms with E-state index in [9.17, 15) is 0 Å². The first kappa shape index (κ1) is 30.3. The molecule has 0 fully saturated rings. The van der Waals surface area contributed by atoms with Gasteiger partial charge in [-0.05, 0) is 59.7 Å². The van der Waals surface area contributed by atoms with Crippen molar-refractivity contribution >= 4 is 102 Å². The van der Waals surface area contributed by atoms with Crippen molar-refractivity contribution in [2.75, 3.05) is 4.90 Å². The van der Waals surface area contributed by atoms with Gasteiger partial charge in [-0.25, -0.2) is 4.98 Å². The van der Waals surface area contributed by atoms with Gasteiger partial charge in [0.1, 0.15) is 0 Å². The lowest BCUT2D eigenvalue weighted by molar-refractivity contribution is 1.30. The summed E-state index contributed by atoms with van der Waals surface area (Å²) in [4.78, 5) is 7.73. The molecule has 0 unspecified atom stereocenters. The maximum atomic E-state index is 5.32. The van der Waals surface area contributed by atoms with E-state index in [1.165, 1.54) is 73.3 Å². The van der Waals surface area contributed by atoms with Crippen LogP contribution in [0.25, 0.3) is 84.4 Å². The minimum Gasteiger partial charge on any atom is -0.309 e. The van der Waals surface area contributed by atoms with Crippen LogP contribution < -0.4 is 4.90 Å². The molecule has 2 nitrogen and oxygen atoms in total. The highest BCUT2D eigenvalue weighted by atomic mass is 32.1.